The second-order valence-corrected chi connectivity index (χ2v) is 7.98. The van der Waals surface area contributed by atoms with Crippen molar-refractivity contribution in [3.8, 4) is 0 Å². The molecule has 0 bridgehead atoms. The lowest BCUT2D eigenvalue weighted by Crippen LogP contribution is -2.57. The number of aromatic nitrogens is 1. The first-order chi connectivity index (χ1) is 12.0. The van der Waals surface area contributed by atoms with E-state index in [1.165, 1.54) is 11.3 Å². The maximum absolute atomic E-state index is 12.6. The van der Waals surface area contributed by atoms with Gasteiger partial charge < -0.3 is 19.7 Å². The van der Waals surface area contributed by atoms with Gasteiger partial charge in [-0.1, -0.05) is 11.3 Å². The maximum Gasteiger partial charge on any atom is 0.307 e. The van der Waals surface area contributed by atoms with Gasteiger partial charge in [-0.05, 0) is 26.7 Å². The predicted octanol–water partition coefficient (Wildman–Crippen LogP) is 0.761. The molecule has 0 aromatic carbocycles. The number of hydrogen-bond donors (Lipinski definition) is 1. The first-order valence-electron chi connectivity index (χ1n) is 8.92. The molecule has 2 fully saturated rings. The average molecular weight is 403 g/mol. The summed E-state index contributed by atoms with van der Waals surface area (Å²) in [4.78, 5) is 41.4. The SMILES string of the molecule is Cc1sc(=O)n(CCC(=O)N2CCCC(N3CCNCC3=O)C2)c1C.Cl. The molecule has 1 aromatic heterocycles. The third-order valence-corrected chi connectivity index (χ3v) is 6.24. The zero-order chi connectivity index (χ0) is 18.0. The minimum absolute atomic E-state index is 0. The number of amides is 2. The number of aryl methyl sites for hydroxylation is 1. The summed E-state index contributed by atoms with van der Waals surface area (Å²) in [6.07, 6.45) is 2.21. The number of halogens is 1. The number of piperazine rings is 1. The third kappa shape index (κ3) is 4.47. The number of likely N-dealkylation sites (tertiary alicyclic amines) is 1. The molecule has 3 heterocycles. The number of thiazole rings is 1. The Morgan fingerprint density at radius 1 is 1.27 bits per heavy atom. The molecular weight excluding hydrogens is 376 g/mol. The highest BCUT2D eigenvalue weighted by molar-refractivity contribution is 7.09. The highest BCUT2D eigenvalue weighted by Crippen LogP contribution is 2.18. The lowest BCUT2D eigenvalue weighted by Gasteiger charge is -2.41. The molecule has 7 nitrogen and oxygen atoms in total. The van der Waals surface area contributed by atoms with Crippen LogP contribution in [0.25, 0.3) is 0 Å². The zero-order valence-corrected chi connectivity index (χ0v) is 17.0. The average Bonchev–Trinajstić information content (AvgIpc) is 2.85. The summed E-state index contributed by atoms with van der Waals surface area (Å²) in [6, 6.07) is 0.125. The van der Waals surface area contributed by atoms with Crippen LogP contribution >= 0.6 is 23.7 Å². The van der Waals surface area contributed by atoms with Crippen LogP contribution in [-0.4, -0.2) is 64.9 Å². The smallest absolute Gasteiger partial charge is 0.307 e. The lowest BCUT2D eigenvalue weighted by atomic mass is 10.0. The van der Waals surface area contributed by atoms with Gasteiger partial charge in [-0.15, -0.1) is 12.4 Å². The summed E-state index contributed by atoms with van der Waals surface area (Å²) in [7, 11) is 0. The van der Waals surface area contributed by atoms with Crippen LogP contribution in [-0.2, 0) is 16.1 Å². The number of rotatable bonds is 4. The molecule has 9 heteroatoms. The summed E-state index contributed by atoms with van der Waals surface area (Å²) in [6.45, 7) is 7.56. The van der Waals surface area contributed by atoms with Gasteiger partial charge in [0.15, 0.2) is 0 Å². The van der Waals surface area contributed by atoms with Crippen molar-refractivity contribution in [1.82, 2.24) is 19.7 Å². The summed E-state index contributed by atoms with van der Waals surface area (Å²) in [5, 5.41) is 3.09. The van der Waals surface area contributed by atoms with Crippen molar-refractivity contribution in [2.45, 2.75) is 45.7 Å². The van der Waals surface area contributed by atoms with Crippen LogP contribution in [0.15, 0.2) is 4.79 Å². The van der Waals surface area contributed by atoms with E-state index in [4.69, 9.17) is 0 Å². The van der Waals surface area contributed by atoms with Crippen LogP contribution < -0.4 is 10.2 Å². The number of nitrogens with zero attached hydrogens (tertiary/aromatic N) is 3. The third-order valence-electron chi connectivity index (χ3n) is 5.24. The van der Waals surface area contributed by atoms with Crippen LogP contribution in [0.1, 0.15) is 29.8 Å². The monoisotopic (exact) mass is 402 g/mol. The minimum atomic E-state index is 0. The predicted molar refractivity (Wildman–Crippen MR) is 104 cm³/mol. The number of piperidine rings is 1. The molecule has 0 aliphatic carbocycles. The number of hydrogen-bond acceptors (Lipinski definition) is 5. The van der Waals surface area contributed by atoms with E-state index in [0.29, 0.717) is 32.6 Å². The first-order valence-corrected chi connectivity index (χ1v) is 9.74. The Morgan fingerprint density at radius 3 is 2.69 bits per heavy atom. The molecule has 2 aliphatic heterocycles. The molecule has 26 heavy (non-hydrogen) atoms. The standard InChI is InChI=1S/C17H26N4O3S.ClH/c1-12-13(2)25-17(24)20(12)8-5-15(22)19-7-3-4-14(11-19)21-9-6-18-10-16(21)23;/h14,18H,3-11H2,1-2H3;1H. The molecule has 146 valence electrons. The van der Waals surface area contributed by atoms with Gasteiger partial charge in [0.1, 0.15) is 0 Å². The van der Waals surface area contributed by atoms with Gasteiger partial charge in [-0.2, -0.15) is 0 Å². The van der Waals surface area contributed by atoms with E-state index in [-0.39, 0.29) is 35.1 Å². The van der Waals surface area contributed by atoms with Crippen LogP contribution in [0.3, 0.4) is 0 Å². The lowest BCUT2D eigenvalue weighted by molar-refractivity contribution is -0.140. The molecule has 1 N–H and O–H groups in total. The molecule has 2 amide bonds. The van der Waals surface area contributed by atoms with Gasteiger partial charge in [0.25, 0.3) is 0 Å². The zero-order valence-electron chi connectivity index (χ0n) is 15.3. The Hall–Kier alpha value is -1.38. The second-order valence-electron chi connectivity index (χ2n) is 6.81. The van der Waals surface area contributed by atoms with Crippen LogP contribution in [0.2, 0.25) is 0 Å². The van der Waals surface area contributed by atoms with Crippen molar-refractivity contribution in [2.24, 2.45) is 0 Å². The van der Waals surface area contributed by atoms with Crippen molar-refractivity contribution < 1.29 is 9.59 Å². The van der Waals surface area contributed by atoms with Crippen LogP contribution in [0.5, 0.6) is 0 Å². The summed E-state index contributed by atoms with van der Waals surface area (Å²) >= 11 is 1.23. The Labute approximate surface area is 163 Å². The summed E-state index contributed by atoms with van der Waals surface area (Å²) in [5.41, 5.74) is 0.950. The Balaban J connectivity index is 0.00000243. The molecule has 3 rings (SSSR count). The molecule has 0 radical (unpaired) electrons. The number of carbonyl (C=O) groups excluding carboxylic acids is 2. The van der Waals surface area contributed by atoms with Gasteiger partial charge >= 0.3 is 4.87 Å². The van der Waals surface area contributed by atoms with Crippen molar-refractivity contribution in [1.29, 1.82) is 0 Å². The fourth-order valence-corrected chi connectivity index (χ4v) is 4.51. The molecule has 1 unspecified atom stereocenters. The van der Waals surface area contributed by atoms with E-state index < -0.39 is 0 Å². The molecular formula is C17H27ClN4O3S. The maximum atomic E-state index is 12.6. The van der Waals surface area contributed by atoms with Crippen molar-refractivity contribution in [2.75, 3.05) is 32.7 Å². The van der Waals surface area contributed by atoms with Gasteiger partial charge in [-0.25, -0.2) is 0 Å². The van der Waals surface area contributed by atoms with Gasteiger partial charge in [0.05, 0.1) is 6.54 Å². The van der Waals surface area contributed by atoms with E-state index in [9.17, 15) is 14.4 Å². The molecule has 1 aromatic rings. The van der Waals surface area contributed by atoms with E-state index in [1.807, 2.05) is 23.6 Å². The number of carbonyl (C=O) groups is 2. The van der Waals surface area contributed by atoms with Gasteiger partial charge in [0, 0.05) is 55.8 Å². The fourth-order valence-electron chi connectivity index (χ4n) is 3.65. The van der Waals surface area contributed by atoms with Crippen LogP contribution in [0.4, 0.5) is 0 Å². The Morgan fingerprint density at radius 2 is 2.04 bits per heavy atom. The Bertz CT molecular complexity index is 717. The summed E-state index contributed by atoms with van der Waals surface area (Å²) in [5.74, 6) is 0.198. The molecule has 2 aliphatic rings. The van der Waals surface area contributed by atoms with Crippen molar-refractivity contribution in [3.05, 3.63) is 20.2 Å². The van der Waals surface area contributed by atoms with Gasteiger partial charge in [-0.3, -0.25) is 14.4 Å². The van der Waals surface area contributed by atoms with Gasteiger partial charge in [0.2, 0.25) is 11.8 Å². The largest absolute Gasteiger partial charge is 0.341 e. The highest BCUT2D eigenvalue weighted by Gasteiger charge is 2.31. The molecule has 1 atom stereocenters. The highest BCUT2D eigenvalue weighted by atomic mass is 35.5. The first kappa shape index (κ1) is 20.9. The Kier molecular flexibility index (Phi) is 7.25. The molecule has 0 spiro atoms. The quantitative estimate of drug-likeness (QED) is 0.806. The van der Waals surface area contributed by atoms with E-state index in [0.717, 1.165) is 36.5 Å². The fraction of sp³-hybridized carbons (Fsp3) is 0.706. The number of nitrogens with one attached hydrogen (secondary N) is 1. The van der Waals surface area contributed by atoms with Crippen molar-refractivity contribution in [3.63, 3.8) is 0 Å². The summed E-state index contributed by atoms with van der Waals surface area (Å²) < 4.78 is 1.69. The van der Waals surface area contributed by atoms with Crippen LogP contribution in [0, 0.1) is 13.8 Å². The second kappa shape index (κ2) is 9.01. The normalized spacial score (nSPS) is 20.8. The molecule has 0 saturated carbocycles. The topological polar surface area (TPSA) is 74.7 Å². The minimum Gasteiger partial charge on any atom is -0.341 e. The van der Waals surface area contributed by atoms with Crippen molar-refractivity contribution >= 4 is 35.6 Å². The van der Waals surface area contributed by atoms with E-state index in [2.05, 4.69) is 5.32 Å². The van der Waals surface area contributed by atoms with E-state index in [1.54, 1.807) is 4.57 Å². The van der Waals surface area contributed by atoms with E-state index >= 15 is 0 Å². The molecule has 2 saturated heterocycles.